The monoisotopic (exact) mass is 243 g/mol. The Kier molecular flexibility index (Phi) is 2.74. The van der Waals surface area contributed by atoms with Crippen LogP contribution in [-0.4, -0.2) is 25.7 Å². The SMILES string of the molecule is CC1(Nc2nnnn2-c2ccccc2)CCCC1. The predicted molar refractivity (Wildman–Crippen MR) is 69.6 cm³/mol. The Bertz CT molecular complexity index is 513. The molecule has 1 aliphatic carbocycles. The standard InChI is InChI=1S/C13H17N5/c1-13(9-5-6-10-13)14-12-15-16-17-18(12)11-7-3-2-4-8-11/h2-4,7-8H,5-6,9-10H2,1H3,(H,14,15,17). The van der Waals surface area contributed by atoms with E-state index in [1.807, 2.05) is 30.3 Å². The molecule has 0 unspecified atom stereocenters. The van der Waals surface area contributed by atoms with Crippen LogP contribution in [0.25, 0.3) is 5.69 Å². The van der Waals surface area contributed by atoms with Crippen molar-refractivity contribution in [1.82, 2.24) is 20.2 Å². The lowest BCUT2D eigenvalue weighted by Crippen LogP contribution is -2.32. The number of para-hydroxylation sites is 1. The van der Waals surface area contributed by atoms with Crippen LogP contribution in [0.15, 0.2) is 30.3 Å². The van der Waals surface area contributed by atoms with Gasteiger partial charge in [0.15, 0.2) is 0 Å². The zero-order chi connectivity index (χ0) is 12.4. The molecular formula is C13H17N5. The van der Waals surface area contributed by atoms with Crippen LogP contribution in [0.4, 0.5) is 5.95 Å². The second-order valence-corrected chi connectivity index (χ2v) is 5.14. The fourth-order valence-electron chi connectivity index (χ4n) is 2.56. The van der Waals surface area contributed by atoms with Crippen molar-refractivity contribution < 1.29 is 0 Å². The van der Waals surface area contributed by atoms with Crippen molar-refractivity contribution in [3.63, 3.8) is 0 Å². The summed E-state index contributed by atoms with van der Waals surface area (Å²) >= 11 is 0. The Balaban J connectivity index is 1.88. The molecule has 0 radical (unpaired) electrons. The van der Waals surface area contributed by atoms with Crippen molar-refractivity contribution >= 4 is 5.95 Å². The lowest BCUT2D eigenvalue weighted by Gasteiger charge is -2.25. The van der Waals surface area contributed by atoms with Crippen molar-refractivity contribution in [3.8, 4) is 5.69 Å². The van der Waals surface area contributed by atoms with Crippen molar-refractivity contribution in [1.29, 1.82) is 0 Å². The van der Waals surface area contributed by atoms with Gasteiger partial charge in [-0.1, -0.05) is 36.1 Å². The molecule has 1 aliphatic rings. The van der Waals surface area contributed by atoms with Crippen molar-refractivity contribution in [3.05, 3.63) is 30.3 Å². The molecule has 18 heavy (non-hydrogen) atoms. The van der Waals surface area contributed by atoms with Crippen LogP contribution in [0.2, 0.25) is 0 Å². The molecule has 1 heterocycles. The van der Waals surface area contributed by atoms with E-state index in [9.17, 15) is 0 Å². The second kappa shape index (κ2) is 4.40. The van der Waals surface area contributed by atoms with Gasteiger partial charge in [-0.3, -0.25) is 0 Å². The molecule has 2 aromatic rings. The van der Waals surface area contributed by atoms with Crippen molar-refractivity contribution in [2.75, 3.05) is 5.32 Å². The number of hydrogen-bond donors (Lipinski definition) is 1. The number of tetrazole rings is 1. The highest BCUT2D eigenvalue weighted by molar-refractivity contribution is 5.40. The lowest BCUT2D eigenvalue weighted by atomic mass is 10.0. The maximum absolute atomic E-state index is 4.09. The molecule has 0 aliphatic heterocycles. The van der Waals surface area contributed by atoms with Gasteiger partial charge in [0.05, 0.1) is 5.69 Å². The van der Waals surface area contributed by atoms with Gasteiger partial charge < -0.3 is 5.32 Å². The summed E-state index contributed by atoms with van der Waals surface area (Å²) in [4.78, 5) is 0. The van der Waals surface area contributed by atoms with E-state index in [0.29, 0.717) is 0 Å². The summed E-state index contributed by atoms with van der Waals surface area (Å²) in [5, 5.41) is 15.4. The maximum Gasteiger partial charge on any atom is 0.248 e. The molecule has 5 heteroatoms. The number of aromatic nitrogens is 4. The fraction of sp³-hybridized carbons (Fsp3) is 0.462. The van der Waals surface area contributed by atoms with Gasteiger partial charge in [-0.05, 0) is 42.3 Å². The van der Waals surface area contributed by atoms with E-state index in [1.54, 1.807) is 4.68 Å². The van der Waals surface area contributed by atoms with Gasteiger partial charge in [-0.2, -0.15) is 4.68 Å². The Labute approximate surface area is 106 Å². The predicted octanol–water partition coefficient (Wildman–Crippen LogP) is 2.41. The Morgan fingerprint density at radius 1 is 1.17 bits per heavy atom. The van der Waals surface area contributed by atoms with Crippen molar-refractivity contribution in [2.24, 2.45) is 0 Å². The first-order valence-corrected chi connectivity index (χ1v) is 6.39. The molecule has 94 valence electrons. The smallest absolute Gasteiger partial charge is 0.248 e. The third kappa shape index (κ3) is 2.08. The first-order valence-electron chi connectivity index (χ1n) is 6.39. The lowest BCUT2D eigenvalue weighted by molar-refractivity contribution is 0.525. The molecule has 1 aromatic carbocycles. The number of nitrogens with zero attached hydrogens (tertiary/aromatic N) is 4. The number of hydrogen-bond acceptors (Lipinski definition) is 4. The first kappa shape index (κ1) is 11.2. The Hall–Kier alpha value is -1.91. The summed E-state index contributed by atoms with van der Waals surface area (Å²) in [6, 6.07) is 9.95. The van der Waals surface area contributed by atoms with Crippen LogP contribution >= 0.6 is 0 Å². The number of benzene rings is 1. The molecule has 1 aromatic heterocycles. The van der Waals surface area contributed by atoms with Crippen LogP contribution < -0.4 is 5.32 Å². The maximum atomic E-state index is 4.09. The van der Waals surface area contributed by atoms with Gasteiger partial charge >= 0.3 is 0 Å². The van der Waals surface area contributed by atoms with Crippen LogP contribution in [0.1, 0.15) is 32.6 Å². The molecule has 0 saturated heterocycles. The van der Waals surface area contributed by atoms with E-state index in [0.717, 1.165) is 11.6 Å². The highest BCUT2D eigenvalue weighted by Crippen LogP contribution is 2.32. The number of anilines is 1. The summed E-state index contributed by atoms with van der Waals surface area (Å²) in [5.74, 6) is 0.727. The summed E-state index contributed by atoms with van der Waals surface area (Å²) in [7, 11) is 0. The van der Waals surface area contributed by atoms with Gasteiger partial charge in [0.25, 0.3) is 0 Å². The Morgan fingerprint density at radius 3 is 2.61 bits per heavy atom. The van der Waals surface area contributed by atoms with E-state index in [4.69, 9.17) is 0 Å². The minimum atomic E-state index is 0.126. The fourth-order valence-corrected chi connectivity index (χ4v) is 2.56. The average molecular weight is 243 g/mol. The third-order valence-electron chi connectivity index (χ3n) is 3.59. The Morgan fingerprint density at radius 2 is 1.89 bits per heavy atom. The molecule has 0 amide bonds. The molecule has 1 fully saturated rings. The van der Waals surface area contributed by atoms with Gasteiger partial charge in [0.1, 0.15) is 0 Å². The van der Waals surface area contributed by atoms with Crippen LogP contribution in [-0.2, 0) is 0 Å². The molecular weight excluding hydrogens is 226 g/mol. The van der Waals surface area contributed by atoms with Gasteiger partial charge in [0.2, 0.25) is 5.95 Å². The van der Waals surface area contributed by atoms with E-state index in [-0.39, 0.29) is 5.54 Å². The molecule has 1 saturated carbocycles. The molecule has 0 spiro atoms. The summed E-state index contributed by atoms with van der Waals surface area (Å²) in [6.45, 7) is 2.24. The summed E-state index contributed by atoms with van der Waals surface area (Å²) in [6.07, 6.45) is 4.90. The van der Waals surface area contributed by atoms with Crippen LogP contribution in [0.5, 0.6) is 0 Å². The normalized spacial score (nSPS) is 17.8. The molecule has 3 rings (SSSR count). The minimum absolute atomic E-state index is 0.126. The second-order valence-electron chi connectivity index (χ2n) is 5.14. The number of nitrogens with one attached hydrogen (secondary N) is 1. The average Bonchev–Trinajstić information content (AvgIpc) is 3.00. The molecule has 0 bridgehead atoms. The number of rotatable bonds is 3. The topological polar surface area (TPSA) is 55.6 Å². The highest BCUT2D eigenvalue weighted by Gasteiger charge is 2.30. The largest absolute Gasteiger partial charge is 0.348 e. The zero-order valence-corrected chi connectivity index (χ0v) is 10.5. The quantitative estimate of drug-likeness (QED) is 0.899. The van der Waals surface area contributed by atoms with E-state index >= 15 is 0 Å². The van der Waals surface area contributed by atoms with Gasteiger partial charge in [0, 0.05) is 5.54 Å². The molecule has 5 nitrogen and oxygen atoms in total. The summed E-state index contributed by atoms with van der Waals surface area (Å²) < 4.78 is 1.75. The van der Waals surface area contributed by atoms with Crippen LogP contribution in [0, 0.1) is 0 Å². The first-order chi connectivity index (χ1) is 8.77. The van der Waals surface area contributed by atoms with E-state index in [2.05, 4.69) is 27.8 Å². The van der Waals surface area contributed by atoms with Gasteiger partial charge in [-0.25, -0.2) is 0 Å². The van der Waals surface area contributed by atoms with Gasteiger partial charge in [-0.15, -0.1) is 0 Å². The van der Waals surface area contributed by atoms with Crippen LogP contribution in [0.3, 0.4) is 0 Å². The molecule has 1 N–H and O–H groups in total. The minimum Gasteiger partial charge on any atom is -0.348 e. The van der Waals surface area contributed by atoms with Crippen molar-refractivity contribution in [2.45, 2.75) is 38.1 Å². The molecule has 0 atom stereocenters. The highest BCUT2D eigenvalue weighted by atomic mass is 15.6. The zero-order valence-electron chi connectivity index (χ0n) is 10.5. The third-order valence-corrected chi connectivity index (χ3v) is 3.59. The summed E-state index contributed by atoms with van der Waals surface area (Å²) in [5.41, 5.74) is 1.10. The van der Waals surface area contributed by atoms with E-state index in [1.165, 1.54) is 25.7 Å². The van der Waals surface area contributed by atoms with E-state index < -0.39 is 0 Å².